The van der Waals surface area contributed by atoms with E-state index in [0.717, 1.165) is 11.3 Å². The van der Waals surface area contributed by atoms with Crippen molar-refractivity contribution < 1.29 is 4.92 Å². The van der Waals surface area contributed by atoms with Gasteiger partial charge in [-0.25, -0.2) is 0 Å². The van der Waals surface area contributed by atoms with Crippen molar-refractivity contribution >= 4 is 22.7 Å². The van der Waals surface area contributed by atoms with Crippen LogP contribution in [0.2, 0.25) is 0 Å². The zero-order chi connectivity index (χ0) is 14.7. The second-order valence-corrected chi connectivity index (χ2v) is 4.47. The van der Waals surface area contributed by atoms with Crippen molar-refractivity contribution in [2.75, 3.05) is 17.4 Å². The number of rotatable bonds is 4. The van der Waals surface area contributed by atoms with Crippen LogP contribution in [-0.2, 0) is 0 Å². The average Bonchev–Trinajstić information content (AvgIpc) is 2.45. The van der Waals surface area contributed by atoms with Crippen LogP contribution in [0.3, 0.4) is 0 Å². The topological polar surface area (TPSA) is 84.4 Å². The van der Waals surface area contributed by atoms with Gasteiger partial charge in [0, 0.05) is 12.7 Å². The first-order valence-electron chi connectivity index (χ1n) is 6.09. The molecule has 2 rings (SSSR count). The molecule has 0 saturated heterocycles. The second-order valence-electron chi connectivity index (χ2n) is 4.47. The summed E-state index contributed by atoms with van der Waals surface area (Å²) < 4.78 is 0. The summed E-state index contributed by atoms with van der Waals surface area (Å²) >= 11 is 0. The van der Waals surface area contributed by atoms with Crippen molar-refractivity contribution in [3.05, 3.63) is 58.1 Å². The number of hydrazine groups is 1. The molecule has 20 heavy (non-hydrogen) atoms. The fourth-order valence-corrected chi connectivity index (χ4v) is 2.09. The van der Waals surface area contributed by atoms with Crippen molar-refractivity contribution in [1.82, 2.24) is 0 Å². The van der Waals surface area contributed by atoms with Gasteiger partial charge in [0.1, 0.15) is 11.4 Å². The molecule has 0 unspecified atom stereocenters. The van der Waals surface area contributed by atoms with E-state index in [1.165, 1.54) is 0 Å². The van der Waals surface area contributed by atoms with E-state index in [-0.39, 0.29) is 11.4 Å². The summed E-state index contributed by atoms with van der Waals surface area (Å²) in [6, 6.07) is 12.8. The van der Waals surface area contributed by atoms with Crippen LogP contribution < -0.4 is 16.2 Å². The summed E-state index contributed by atoms with van der Waals surface area (Å²) in [5.41, 5.74) is 5.06. The predicted molar refractivity (Wildman–Crippen MR) is 80.1 cm³/mol. The lowest BCUT2D eigenvalue weighted by molar-refractivity contribution is -0.383. The summed E-state index contributed by atoms with van der Waals surface area (Å²) in [6.07, 6.45) is 0. The van der Waals surface area contributed by atoms with Gasteiger partial charge in [0.05, 0.1) is 4.92 Å². The number of nitrogens with one attached hydrogen (secondary N) is 1. The highest BCUT2D eigenvalue weighted by molar-refractivity contribution is 5.80. The van der Waals surface area contributed by atoms with E-state index in [2.05, 4.69) is 5.43 Å². The molecular formula is C14H16N4O2. The second kappa shape index (κ2) is 5.58. The number of hydrogen-bond donors (Lipinski definition) is 2. The van der Waals surface area contributed by atoms with E-state index in [4.69, 9.17) is 5.84 Å². The maximum absolute atomic E-state index is 11.3. The normalized spacial score (nSPS) is 10.2. The third kappa shape index (κ3) is 2.55. The summed E-state index contributed by atoms with van der Waals surface area (Å²) in [7, 11) is 1.79. The summed E-state index contributed by atoms with van der Waals surface area (Å²) in [6.45, 7) is 1.98. The van der Waals surface area contributed by atoms with Crippen molar-refractivity contribution in [3.63, 3.8) is 0 Å². The molecule has 0 aliphatic carbocycles. The van der Waals surface area contributed by atoms with Crippen LogP contribution in [-0.4, -0.2) is 12.0 Å². The number of nitrogens with two attached hydrogens (primary N) is 1. The number of nitrogen functional groups attached to an aromatic ring is 1. The van der Waals surface area contributed by atoms with Gasteiger partial charge in [-0.1, -0.05) is 18.2 Å². The van der Waals surface area contributed by atoms with Crippen molar-refractivity contribution in [3.8, 4) is 0 Å². The molecule has 2 aromatic rings. The molecule has 2 aromatic carbocycles. The van der Waals surface area contributed by atoms with Crippen LogP contribution in [0.4, 0.5) is 22.7 Å². The highest BCUT2D eigenvalue weighted by Crippen LogP contribution is 2.37. The van der Waals surface area contributed by atoms with Gasteiger partial charge in [0.15, 0.2) is 0 Å². The molecule has 0 aliphatic heterocycles. The van der Waals surface area contributed by atoms with Gasteiger partial charge in [-0.2, -0.15) is 0 Å². The zero-order valence-electron chi connectivity index (χ0n) is 11.3. The molecule has 0 saturated carbocycles. The van der Waals surface area contributed by atoms with E-state index in [1.54, 1.807) is 30.1 Å². The smallest absolute Gasteiger partial charge is 0.317 e. The van der Waals surface area contributed by atoms with Gasteiger partial charge in [-0.05, 0) is 36.8 Å². The highest BCUT2D eigenvalue weighted by Gasteiger charge is 2.22. The summed E-state index contributed by atoms with van der Waals surface area (Å²) in [5, 5.41) is 11.3. The number of anilines is 3. The third-order valence-electron chi connectivity index (χ3n) is 3.10. The van der Waals surface area contributed by atoms with Crippen LogP contribution in [0.5, 0.6) is 0 Å². The lowest BCUT2D eigenvalue weighted by atomic mass is 10.1. The first-order chi connectivity index (χ1) is 9.54. The third-order valence-corrected chi connectivity index (χ3v) is 3.10. The predicted octanol–water partition coefficient (Wildman–Crippen LogP) is 2.96. The van der Waals surface area contributed by atoms with Crippen molar-refractivity contribution in [1.29, 1.82) is 0 Å². The first-order valence-corrected chi connectivity index (χ1v) is 6.09. The minimum atomic E-state index is -0.434. The van der Waals surface area contributed by atoms with Crippen LogP contribution in [0.1, 0.15) is 5.56 Å². The highest BCUT2D eigenvalue weighted by atomic mass is 16.6. The molecule has 0 atom stereocenters. The minimum Gasteiger partial charge on any atom is -0.339 e. The summed E-state index contributed by atoms with van der Waals surface area (Å²) in [4.78, 5) is 12.6. The van der Waals surface area contributed by atoms with E-state index in [9.17, 15) is 10.1 Å². The van der Waals surface area contributed by atoms with Crippen molar-refractivity contribution in [2.24, 2.45) is 5.84 Å². The Balaban J connectivity index is 2.54. The maximum atomic E-state index is 11.3. The van der Waals surface area contributed by atoms with E-state index >= 15 is 0 Å². The molecule has 0 amide bonds. The largest absolute Gasteiger partial charge is 0.339 e. The van der Waals surface area contributed by atoms with Gasteiger partial charge < -0.3 is 10.3 Å². The van der Waals surface area contributed by atoms with Gasteiger partial charge >= 0.3 is 5.69 Å². The Morgan fingerprint density at radius 3 is 2.55 bits per heavy atom. The Morgan fingerprint density at radius 1 is 1.25 bits per heavy atom. The van der Waals surface area contributed by atoms with Gasteiger partial charge in [-0.3, -0.25) is 16.0 Å². The monoisotopic (exact) mass is 272 g/mol. The SMILES string of the molecule is Cc1cccc(N(C)c2cccc(NN)c2[N+](=O)[O-])c1. The lowest BCUT2D eigenvalue weighted by Crippen LogP contribution is -2.15. The van der Waals surface area contributed by atoms with Gasteiger partial charge in [0.2, 0.25) is 0 Å². The molecule has 0 spiro atoms. The van der Waals surface area contributed by atoms with Crippen LogP contribution in [0.15, 0.2) is 42.5 Å². The number of para-hydroxylation sites is 1. The standard InChI is InChI=1S/C14H16N4O2/c1-10-5-3-6-11(9-10)17(2)13-8-4-7-12(16-15)14(13)18(19)20/h3-9,16H,15H2,1-2H3. The minimum absolute atomic E-state index is 0.0426. The van der Waals surface area contributed by atoms with E-state index in [1.807, 2.05) is 31.2 Å². The molecular weight excluding hydrogens is 256 g/mol. The quantitative estimate of drug-likeness (QED) is 0.508. The molecule has 0 bridgehead atoms. The van der Waals surface area contributed by atoms with E-state index < -0.39 is 4.92 Å². The first kappa shape index (κ1) is 13.8. The van der Waals surface area contributed by atoms with Gasteiger partial charge in [0.25, 0.3) is 0 Å². The van der Waals surface area contributed by atoms with Crippen LogP contribution in [0.25, 0.3) is 0 Å². The molecule has 0 aromatic heterocycles. The molecule has 0 heterocycles. The number of benzene rings is 2. The Kier molecular flexibility index (Phi) is 3.86. The number of aryl methyl sites for hydroxylation is 1. The average molecular weight is 272 g/mol. The molecule has 0 aliphatic rings. The fraction of sp³-hybridized carbons (Fsp3) is 0.143. The number of nitrogens with zero attached hydrogens (tertiary/aromatic N) is 2. The molecule has 3 N–H and O–H groups in total. The molecule has 0 radical (unpaired) electrons. The Morgan fingerprint density at radius 2 is 1.95 bits per heavy atom. The fourth-order valence-electron chi connectivity index (χ4n) is 2.09. The molecule has 104 valence electrons. The Bertz CT molecular complexity index is 643. The van der Waals surface area contributed by atoms with Crippen molar-refractivity contribution in [2.45, 2.75) is 6.92 Å². The van der Waals surface area contributed by atoms with Gasteiger partial charge in [-0.15, -0.1) is 0 Å². The molecule has 0 fully saturated rings. The Labute approximate surface area is 116 Å². The molecule has 6 heteroatoms. The lowest BCUT2D eigenvalue weighted by Gasteiger charge is -2.20. The van der Waals surface area contributed by atoms with Crippen LogP contribution >= 0.6 is 0 Å². The van der Waals surface area contributed by atoms with E-state index in [0.29, 0.717) is 5.69 Å². The Hall–Kier alpha value is -2.60. The number of nitro groups is 1. The zero-order valence-corrected chi connectivity index (χ0v) is 11.3. The van der Waals surface area contributed by atoms with Crippen LogP contribution in [0, 0.1) is 17.0 Å². The maximum Gasteiger partial charge on any atom is 0.317 e. The summed E-state index contributed by atoms with van der Waals surface area (Å²) in [5.74, 6) is 5.35. The number of nitro benzene ring substituents is 1. The molecule has 6 nitrogen and oxygen atoms in total. The number of hydrogen-bond acceptors (Lipinski definition) is 5.